The van der Waals surface area contributed by atoms with E-state index in [-0.39, 0.29) is 35.1 Å². The summed E-state index contributed by atoms with van der Waals surface area (Å²) in [6, 6.07) is 6.52. The van der Waals surface area contributed by atoms with E-state index in [1.165, 1.54) is 22.2 Å². The van der Waals surface area contributed by atoms with Crippen molar-refractivity contribution in [3.05, 3.63) is 46.4 Å². The molecule has 0 aromatic heterocycles. The van der Waals surface area contributed by atoms with E-state index in [0.717, 1.165) is 44.2 Å². The molecule has 2 amide bonds. The smallest absolute Gasteiger partial charge is 0.242 e. The predicted octanol–water partition coefficient (Wildman–Crippen LogP) is 2.61. The Hall–Kier alpha value is -2.45. The molecule has 2 saturated heterocycles. The Morgan fingerprint density at radius 1 is 1.20 bits per heavy atom. The maximum absolute atomic E-state index is 14.0. The lowest BCUT2D eigenvalue weighted by Crippen LogP contribution is -2.54. The largest absolute Gasteiger partial charge is 0.383 e. The van der Waals surface area contributed by atoms with Crippen molar-refractivity contribution in [1.29, 1.82) is 5.41 Å². The van der Waals surface area contributed by atoms with E-state index >= 15 is 0 Å². The molecule has 0 bridgehead atoms. The van der Waals surface area contributed by atoms with Crippen LogP contribution in [0, 0.1) is 11.3 Å². The van der Waals surface area contributed by atoms with Gasteiger partial charge in [0.2, 0.25) is 21.8 Å². The molecule has 4 atom stereocenters. The van der Waals surface area contributed by atoms with Crippen LogP contribution < -0.4 is 21.1 Å². The van der Waals surface area contributed by atoms with Crippen LogP contribution >= 0.6 is 11.8 Å². The molecule has 45 heavy (non-hydrogen) atoms. The van der Waals surface area contributed by atoms with Gasteiger partial charge in [0.15, 0.2) is 0 Å². The van der Waals surface area contributed by atoms with Crippen LogP contribution in [0.15, 0.2) is 35.2 Å². The lowest BCUT2D eigenvalue weighted by atomic mass is 9.87. The Morgan fingerprint density at radius 3 is 2.49 bits per heavy atom. The van der Waals surface area contributed by atoms with Crippen LogP contribution in [0.4, 0.5) is 0 Å². The number of piperidine rings is 1. The second-order valence-electron chi connectivity index (χ2n) is 13.5. The first-order valence-corrected chi connectivity index (χ1v) is 18.6. The number of ether oxygens (including phenoxy) is 1. The Kier molecular flexibility index (Phi) is 12.1. The van der Waals surface area contributed by atoms with E-state index in [1.807, 2.05) is 18.2 Å². The van der Waals surface area contributed by atoms with Crippen molar-refractivity contribution in [2.75, 3.05) is 32.4 Å². The fourth-order valence-electron chi connectivity index (χ4n) is 6.13. The second kappa shape index (κ2) is 15.4. The zero-order valence-electron chi connectivity index (χ0n) is 26.9. The van der Waals surface area contributed by atoms with Gasteiger partial charge in [-0.3, -0.25) is 15.0 Å². The molecule has 2 fully saturated rings. The lowest BCUT2D eigenvalue weighted by molar-refractivity contribution is -0.140. The van der Waals surface area contributed by atoms with Crippen LogP contribution in [0.3, 0.4) is 0 Å². The van der Waals surface area contributed by atoms with Gasteiger partial charge in [-0.1, -0.05) is 51.1 Å². The van der Waals surface area contributed by atoms with E-state index in [9.17, 15) is 18.0 Å². The summed E-state index contributed by atoms with van der Waals surface area (Å²) in [4.78, 5) is 29.9. The first kappa shape index (κ1) is 35.4. The molecule has 0 radical (unpaired) electrons. The molecule has 0 aliphatic carbocycles. The number of carbonyl (C=O) groups is 2. The molecule has 1 unspecified atom stereocenters. The summed E-state index contributed by atoms with van der Waals surface area (Å²) in [6.07, 6.45) is 6.63. The highest BCUT2D eigenvalue weighted by atomic mass is 32.2. The number of carbonyl (C=O) groups excluding carboxylic acids is 2. The molecular formula is C32H50N6O5S2. The van der Waals surface area contributed by atoms with Crippen molar-refractivity contribution in [1.82, 2.24) is 20.3 Å². The number of sulfonamides is 1. The standard InChI is InChI=1S/C32H50N6O5S2/c1-32(2,3)23-8-5-22(6-9-23)20-43-24-17-27(30(39)36-18-25-10-12-28(44-25)29(33)34)38(19-24)31(40)26(37-45(4,41)42)11-7-21-13-15-35-16-14-21/h5-6,8-9,12,21,24-27,35,37H,7,10-11,13-20H2,1-4H3,(H3,33,34)(H,36,39)/t24-,25?,26-,27+/m1/s1. The second-order valence-corrected chi connectivity index (χ2v) is 16.7. The molecule has 1 aromatic rings. The van der Waals surface area contributed by atoms with E-state index in [2.05, 4.69) is 48.3 Å². The first-order valence-electron chi connectivity index (χ1n) is 15.9. The lowest BCUT2D eigenvalue weighted by Gasteiger charge is -2.30. The summed E-state index contributed by atoms with van der Waals surface area (Å²) in [5.74, 6) is -0.259. The number of hydrogen-bond donors (Lipinski definition) is 5. The van der Waals surface area contributed by atoms with Gasteiger partial charge in [-0.2, -0.15) is 0 Å². The number of allylic oxidation sites excluding steroid dienone is 1. The van der Waals surface area contributed by atoms with E-state index < -0.39 is 28.0 Å². The number of nitrogens with two attached hydrogens (primary N) is 1. The number of benzene rings is 1. The van der Waals surface area contributed by atoms with Crippen LogP contribution in [0.25, 0.3) is 0 Å². The Morgan fingerprint density at radius 2 is 1.89 bits per heavy atom. The summed E-state index contributed by atoms with van der Waals surface area (Å²) >= 11 is 1.46. The zero-order valence-corrected chi connectivity index (χ0v) is 28.6. The molecule has 0 spiro atoms. The maximum atomic E-state index is 14.0. The van der Waals surface area contributed by atoms with Gasteiger partial charge in [-0.25, -0.2) is 13.1 Å². The van der Waals surface area contributed by atoms with Crippen molar-refractivity contribution in [2.45, 2.75) is 94.8 Å². The Bertz CT molecular complexity index is 1340. The fraction of sp³-hybridized carbons (Fsp3) is 0.656. The normalized spacial score (nSPS) is 23.5. The monoisotopic (exact) mass is 662 g/mol. The number of amidine groups is 1. The van der Waals surface area contributed by atoms with Gasteiger partial charge in [0.1, 0.15) is 17.9 Å². The van der Waals surface area contributed by atoms with Crippen LogP contribution in [-0.2, 0) is 36.4 Å². The quantitative estimate of drug-likeness (QED) is 0.159. The van der Waals surface area contributed by atoms with Crippen molar-refractivity contribution in [2.24, 2.45) is 11.7 Å². The van der Waals surface area contributed by atoms with Gasteiger partial charge in [0.05, 0.1) is 19.0 Å². The molecule has 250 valence electrons. The van der Waals surface area contributed by atoms with Gasteiger partial charge in [-0.15, -0.1) is 11.8 Å². The number of rotatable bonds is 13. The van der Waals surface area contributed by atoms with E-state index in [4.69, 9.17) is 15.9 Å². The maximum Gasteiger partial charge on any atom is 0.242 e. The molecule has 3 aliphatic heterocycles. The van der Waals surface area contributed by atoms with Crippen molar-refractivity contribution in [3.63, 3.8) is 0 Å². The van der Waals surface area contributed by atoms with E-state index in [1.54, 1.807) is 0 Å². The highest BCUT2D eigenvalue weighted by molar-refractivity contribution is 8.04. The number of amides is 2. The minimum Gasteiger partial charge on any atom is -0.383 e. The molecule has 13 heteroatoms. The Labute approximate surface area is 272 Å². The molecule has 3 heterocycles. The number of hydrogen-bond acceptors (Lipinski definition) is 8. The predicted molar refractivity (Wildman–Crippen MR) is 179 cm³/mol. The molecule has 11 nitrogen and oxygen atoms in total. The number of nitrogens with zero attached hydrogens (tertiary/aromatic N) is 1. The molecule has 6 N–H and O–H groups in total. The van der Waals surface area contributed by atoms with Gasteiger partial charge in [0.25, 0.3) is 0 Å². The van der Waals surface area contributed by atoms with Gasteiger partial charge >= 0.3 is 0 Å². The van der Waals surface area contributed by atoms with Gasteiger partial charge < -0.3 is 26.0 Å². The fourth-order valence-corrected chi connectivity index (χ4v) is 7.91. The topological polar surface area (TPSA) is 167 Å². The van der Waals surface area contributed by atoms with Crippen molar-refractivity contribution in [3.8, 4) is 0 Å². The third kappa shape index (κ3) is 10.5. The minimum absolute atomic E-state index is 0.0170. The van der Waals surface area contributed by atoms with Crippen LogP contribution in [0.5, 0.6) is 0 Å². The number of nitrogens with one attached hydrogen (secondary N) is 4. The number of thioether (sulfide) groups is 1. The van der Waals surface area contributed by atoms with E-state index in [0.29, 0.717) is 43.2 Å². The molecule has 4 rings (SSSR count). The molecule has 3 aliphatic rings. The summed E-state index contributed by atoms with van der Waals surface area (Å²) < 4.78 is 33.5. The van der Waals surface area contributed by atoms with Crippen LogP contribution in [0.1, 0.15) is 70.4 Å². The summed E-state index contributed by atoms with van der Waals surface area (Å²) in [5.41, 5.74) is 7.88. The highest BCUT2D eigenvalue weighted by Crippen LogP contribution is 2.32. The molecule has 0 saturated carbocycles. The molecular weight excluding hydrogens is 613 g/mol. The van der Waals surface area contributed by atoms with Crippen molar-refractivity contribution < 1.29 is 22.7 Å². The van der Waals surface area contributed by atoms with Gasteiger partial charge in [0, 0.05) is 29.7 Å². The summed E-state index contributed by atoms with van der Waals surface area (Å²) in [6.45, 7) is 9.21. The average molecular weight is 663 g/mol. The molecule has 1 aromatic carbocycles. The third-order valence-electron chi connectivity index (χ3n) is 8.76. The van der Waals surface area contributed by atoms with Crippen molar-refractivity contribution >= 4 is 39.4 Å². The summed E-state index contributed by atoms with van der Waals surface area (Å²) in [5, 5.41) is 14.0. The zero-order chi connectivity index (χ0) is 32.8. The third-order valence-corrected chi connectivity index (χ3v) is 10.8. The first-order chi connectivity index (χ1) is 21.2. The van der Waals surface area contributed by atoms with Gasteiger partial charge in [-0.05, 0) is 67.7 Å². The average Bonchev–Trinajstić information content (AvgIpc) is 3.64. The highest BCUT2D eigenvalue weighted by Gasteiger charge is 2.43. The Balaban J connectivity index is 1.45. The minimum atomic E-state index is -3.67. The summed E-state index contributed by atoms with van der Waals surface area (Å²) in [7, 11) is -3.67. The van der Waals surface area contributed by atoms with Crippen LogP contribution in [-0.4, -0.2) is 86.8 Å². The van der Waals surface area contributed by atoms with Crippen LogP contribution in [0.2, 0.25) is 0 Å². The number of likely N-dealkylation sites (tertiary alicyclic amines) is 1. The SMILES string of the molecule is CC(C)(C)c1ccc(CO[C@@H]2C[C@@H](C(=O)NCC3CC=C(C(=N)N)S3)N(C(=O)[C@@H](CCC3CCNCC3)NS(C)(=O)=O)C2)cc1.